The van der Waals surface area contributed by atoms with E-state index in [-0.39, 0.29) is 25.7 Å². The molecule has 0 saturated carbocycles. The number of carbonyl (C=O) groups is 1. The molecule has 0 aromatic heterocycles. The summed E-state index contributed by atoms with van der Waals surface area (Å²) in [7, 11) is 0. The first-order valence-electron chi connectivity index (χ1n) is 6.07. The number of halogens is 1. The number of aliphatic hydroxyl groups is 2. The van der Waals surface area contributed by atoms with E-state index in [0.717, 1.165) is 0 Å². The van der Waals surface area contributed by atoms with Crippen molar-refractivity contribution in [2.24, 2.45) is 0 Å². The molecule has 0 bridgehead atoms. The van der Waals surface area contributed by atoms with Gasteiger partial charge in [0.05, 0.1) is 25.3 Å². The molecular formula is C13H19ClN2O3. The van der Waals surface area contributed by atoms with Crippen molar-refractivity contribution in [2.75, 3.05) is 25.1 Å². The summed E-state index contributed by atoms with van der Waals surface area (Å²) < 4.78 is 0. The third-order valence-corrected chi connectivity index (χ3v) is 3.25. The summed E-state index contributed by atoms with van der Waals surface area (Å²) in [5, 5.41) is 24.6. The molecule has 6 heteroatoms. The molecule has 0 aliphatic rings. The first-order chi connectivity index (χ1) is 9.05. The molecule has 4 N–H and O–H groups in total. The summed E-state index contributed by atoms with van der Waals surface area (Å²) in [5.41, 5.74) is -0.222. The van der Waals surface area contributed by atoms with Crippen LogP contribution >= 0.6 is 11.6 Å². The molecule has 0 saturated heterocycles. The first kappa shape index (κ1) is 15.9. The SMILES string of the molecule is CCC(CO)(CO)NCC(=O)Nc1cccc(Cl)c1. The van der Waals surface area contributed by atoms with Gasteiger partial charge in [-0.2, -0.15) is 0 Å². The van der Waals surface area contributed by atoms with Crippen LogP contribution in [0.25, 0.3) is 0 Å². The molecule has 5 nitrogen and oxygen atoms in total. The van der Waals surface area contributed by atoms with Crippen molar-refractivity contribution in [1.82, 2.24) is 5.32 Å². The topological polar surface area (TPSA) is 81.6 Å². The van der Waals surface area contributed by atoms with Crippen LogP contribution in [0.3, 0.4) is 0 Å². The molecular weight excluding hydrogens is 268 g/mol. The van der Waals surface area contributed by atoms with Crippen LogP contribution in [0.4, 0.5) is 5.69 Å². The van der Waals surface area contributed by atoms with Crippen LogP contribution in [-0.2, 0) is 4.79 Å². The van der Waals surface area contributed by atoms with Crippen molar-refractivity contribution < 1.29 is 15.0 Å². The molecule has 1 aromatic rings. The van der Waals surface area contributed by atoms with E-state index in [1.165, 1.54) is 0 Å². The van der Waals surface area contributed by atoms with Gasteiger partial charge < -0.3 is 15.5 Å². The molecule has 0 radical (unpaired) electrons. The van der Waals surface area contributed by atoms with Crippen LogP contribution in [0.15, 0.2) is 24.3 Å². The van der Waals surface area contributed by atoms with Gasteiger partial charge in [-0.3, -0.25) is 10.1 Å². The van der Waals surface area contributed by atoms with Crippen LogP contribution in [0.5, 0.6) is 0 Å². The normalized spacial score (nSPS) is 11.4. The lowest BCUT2D eigenvalue weighted by Gasteiger charge is -2.29. The predicted octanol–water partition coefficient (Wildman–Crippen LogP) is 1.00. The van der Waals surface area contributed by atoms with E-state index in [9.17, 15) is 15.0 Å². The highest BCUT2D eigenvalue weighted by Crippen LogP contribution is 2.14. The largest absolute Gasteiger partial charge is 0.394 e. The van der Waals surface area contributed by atoms with E-state index in [4.69, 9.17) is 11.6 Å². The van der Waals surface area contributed by atoms with Crippen LogP contribution in [0.1, 0.15) is 13.3 Å². The summed E-state index contributed by atoms with van der Waals surface area (Å²) in [5.74, 6) is -0.262. The van der Waals surface area contributed by atoms with Crippen molar-refractivity contribution >= 4 is 23.2 Å². The van der Waals surface area contributed by atoms with Crippen LogP contribution in [0, 0.1) is 0 Å². The van der Waals surface area contributed by atoms with Crippen molar-refractivity contribution in [2.45, 2.75) is 18.9 Å². The Morgan fingerprint density at radius 2 is 2.05 bits per heavy atom. The number of rotatable bonds is 7. The molecule has 106 valence electrons. The summed E-state index contributed by atoms with van der Waals surface area (Å²) in [6.07, 6.45) is 0.518. The number of nitrogens with one attached hydrogen (secondary N) is 2. The minimum absolute atomic E-state index is 0.00146. The van der Waals surface area contributed by atoms with Gasteiger partial charge in [-0.1, -0.05) is 24.6 Å². The zero-order valence-corrected chi connectivity index (χ0v) is 11.6. The lowest BCUT2D eigenvalue weighted by atomic mass is 9.98. The van der Waals surface area contributed by atoms with Gasteiger partial charge in [-0.15, -0.1) is 0 Å². The molecule has 0 unspecified atom stereocenters. The molecule has 0 spiro atoms. The monoisotopic (exact) mass is 286 g/mol. The second kappa shape index (κ2) is 7.45. The Balaban J connectivity index is 2.52. The van der Waals surface area contributed by atoms with E-state index < -0.39 is 5.54 Å². The van der Waals surface area contributed by atoms with Gasteiger partial charge in [0.25, 0.3) is 0 Å². The number of carbonyl (C=O) groups excluding carboxylic acids is 1. The van der Waals surface area contributed by atoms with Gasteiger partial charge in [0.2, 0.25) is 5.91 Å². The molecule has 0 fully saturated rings. The number of aliphatic hydroxyl groups excluding tert-OH is 2. The van der Waals surface area contributed by atoms with Gasteiger partial charge in [-0.25, -0.2) is 0 Å². The smallest absolute Gasteiger partial charge is 0.238 e. The number of anilines is 1. The molecule has 1 amide bonds. The average Bonchev–Trinajstić information content (AvgIpc) is 2.41. The fourth-order valence-corrected chi connectivity index (χ4v) is 1.74. The number of hydrogen-bond acceptors (Lipinski definition) is 4. The van der Waals surface area contributed by atoms with Crippen molar-refractivity contribution in [3.63, 3.8) is 0 Å². The molecule has 0 atom stereocenters. The maximum Gasteiger partial charge on any atom is 0.238 e. The van der Waals surface area contributed by atoms with Crippen molar-refractivity contribution in [1.29, 1.82) is 0 Å². The van der Waals surface area contributed by atoms with Crippen molar-refractivity contribution in [3.8, 4) is 0 Å². The van der Waals surface area contributed by atoms with Crippen LogP contribution in [0.2, 0.25) is 5.02 Å². The Bertz CT molecular complexity index is 414. The Hall–Kier alpha value is -1.14. The second-order valence-corrected chi connectivity index (χ2v) is 4.80. The third kappa shape index (κ3) is 4.80. The zero-order valence-electron chi connectivity index (χ0n) is 10.8. The minimum atomic E-state index is -0.828. The first-order valence-corrected chi connectivity index (χ1v) is 6.45. The highest BCUT2D eigenvalue weighted by molar-refractivity contribution is 6.30. The summed E-state index contributed by atoms with van der Waals surface area (Å²) >= 11 is 5.81. The summed E-state index contributed by atoms with van der Waals surface area (Å²) in [6.45, 7) is 1.37. The van der Waals surface area contributed by atoms with Gasteiger partial charge in [0.15, 0.2) is 0 Å². The van der Waals surface area contributed by atoms with E-state index in [1.807, 2.05) is 6.92 Å². The Morgan fingerprint density at radius 3 is 2.58 bits per heavy atom. The molecule has 19 heavy (non-hydrogen) atoms. The summed E-state index contributed by atoms with van der Waals surface area (Å²) in [6, 6.07) is 6.83. The summed E-state index contributed by atoms with van der Waals surface area (Å²) in [4.78, 5) is 11.7. The third-order valence-electron chi connectivity index (χ3n) is 3.01. The maximum absolute atomic E-state index is 11.7. The molecule has 0 aliphatic carbocycles. The molecule has 0 heterocycles. The second-order valence-electron chi connectivity index (χ2n) is 4.36. The van der Waals surface area contributed by atoms with Gasteiger partial charge >= 0.3 is 0 Å². The fraction of sp³-hybridized carbons (Fsp3) is 0.462. The number of amides is 1. The van der Waals surface area contributed by atoms with Crippen molar-refractivity contribution in [3.05, 3.63) is 29.3 Å². The van der Waals surface area contributed by atoms with Gasteiger partial charge in [0, 0.05) is 10.7 Å². The predicted molar refractivity (Wildman–Crippen MR) is 75.3 cm³/mol. The Labute approximate surface area is 117 Å². The zero-order chi connectivity index (χ0) is 14.3. The fourth-order valence-electron chi connectivity index (χ4n) is 1.55. The minimum Gasteiger partial charge on any atom is -0.394 e. The number of hydrogen-bond donors (Lipinski definition) is 4. The average molecular weight is 287 g/mol. The highest BCUT2D eigenvalue weighted by atomic mass is 35.5. The lowest BCUT2D eigenvalue weighted by molar-refractivity contribution is -0.116. The van der Waals surface area contributed by atoms with Crippen LogP contribution < -0.4 is 10.6 Å². The quantitative estimate of drug-likeness (QED) is 0.603. The van der Waals surface area contributed by atoms with E-state index in [0.29, 0.717) is 17.1 Å². The Morgan fingerprint density at radius 1 is 1.37 bits per heavy atom. The molecule has 0 aliphatic heterocycles. The molecule has 1 aromatic carbocycles. The van der Waals surface area contributed by atoms with E-state index >= 15 is 0 Å². The van der Waals surface area contributed by atoms with E-state index in [2.05, 4.69) is 10.6 Å². The molecule has 1 rings (SSSR count). The lowest BCUT2D eigenvalue weighted by Crippen LogP contribution is -2.53. The maximum atomic E-state index is 11.7. The Kier molecular flexibility index (Phi) is 6.24. The van der Waals surface area contributed by atoms with E-state index in [1.54, 1.807) is 24.3 Å². The highest BCUT2D eigenvalue weighted by Gasteiger charge is 2.26. The van der Waals surface area contributed by atoms with Gasteiger partial charge in [-0.05, 0) is 24.6 Å². The van der Waals surface area contributed by atoms with Crippen LogP contribution in [-0.4, -0.2) is 41.4 Å². The standard InChI is InChI=1S/C13H19ClN2O3/c1-2-13(8-17,9-18)15-7-12(19)16-11-5-3-4-10(14)6-11/h3-6,15,17-18H,2,7-9H2,1H3,(H,16,19). The number of benzene rings is 1. The van der Waals surface area contributed by atoms with Gasteiger partial charge in [0.1, 0.15) is 0 Å².